The van der Waals surface area contributed by atoms with Crippen molar-refractivity contribution >= 4 is 34.3 Å². The van der Waals surface area contributed by atoms with Crippen LogP contribution in [-0.4, -0.2) is 19.5 Å². The summed E-state index contributed by atoms with van der Waals surface area (Å²) in [6.07, 6.45) is 12.6. The van der Waals surface area contributed by atoms with Gasteiger partial charge in [-0.25, -0.2) is 4.98 Å². The Morgan fingerprint density at radius 3 is 2.14 bits per heavy atom. The van der Waals surface area contributed by atoms with Crippen molar-refractivity contribution in [1.29, 1.82) is 15.8 Å². The second-order valence-electron chi connectivity index (χ2n) is 12.5. The Kier molecular flexibility index (Phi) is 6.73. The molecule has 234 valence electrons. The molecule has 2 unspecified atom stereocenters. The van der Waals surface area contributed by atoms with E-state index in [2.05, 4.69) is 58.1 Å². The van der Waals surface area contributed by atoms with Gasteiger partial charge in [-0.05, 0) is 85.1 Å². The van der Waals surface area contributed by atoms with Crippen LogP contribution in [0.5, 0.6) is 0 Å². The molecular weight excluding hydrogens is 617 g/mol. The van der Waals surface area contributed by atoms with Crippen LogP contribution >= 0.6 is 0 Å². The van der Waals surface area contributed by atoms with Crippen LogP contribution in [0, 0.1) is 34.0 Å². The summed E-state index contributed by atoms with van der Waals surface area (Å²) in [7, 11) is 0. The second-order valence-corrected chi connectivity index (χ2v) is 12.5. The van der Waals surface area contributed by atoms with Gasteiger partial charge in [0.2, 0.25) is 5.95 Å². The van der Waals surface area contributed by atoms with Gasteiger partial charge in [0.1, 0.15) is 0 Å². The molecule has 2 atom stereocenters. The van der Waals surface area contributed by atoms with Crippen molar-refractivity contribution < 1.29 is 0 Å². The van der Waals surface area contributed by atoms with Gasteiger partial charge in [-0.15, -0.1) is 0 Å². The highest BCUT2D eigenvalue weighted by atomic mass is 15.3. The second kappa shape index (κ2) is 11.6. The average molecular weight is 643 g/mol. The van der Waals surface area contributed by atoms with Crippen LogP contribution in [-0.2, 0) is 0 Å². The Labute approximate surface area is 288 Å². The fraction of sp³-hybridized carbons (Fsp3) is 0.0952. The Bertz CT molecular complexity index is 2590. The largest absolute Gasteiger partial charge is 0.315 e. The first-order chi connectivity index (χ1) is 24.6. The molecule has 1 aliphatic heterocycles. The molecule has 6 aromatic rings. The van der Waals surface area contributed by atoms with Crippen molar-refractivity contribution in [3.63, 3.8) is 0 Å². The molecule has 0 bridgehead atoms. The van der Waals surface area contributed by atoms with Gasteiger partial charge in [0.15, 0.2) is 11.6 Å². The molecule has 50 heavy (non-hydrogen) atoms. The minimum atomic E-state index is -0.275. The van der Waals surface area contributed by atoms with Crippen LogP contribution in [0.4, 0.5) is 11.6 Å². The van der Waals surface area contributed by atoms with E-state index in [0.29, 0.717) is 34.3 Å². The molecule has 8 nitrogen and oxygen atoms in total. The van der Waals surface area contributed by atoms with Gasteiger partial charge in [0, 0.05) is 39.4 Å². The van der Waals surface area contributed by atoms with E-state index in [1.807, 2.05) is 78.9 Å². The lowest BCUT2D eigenvalue weighted by Gasteiger charge is -2.32. The van der Waals surface area contributed by atoms with E-state index in [1.54, 1.807) is 12.1 Å². The third-order valence-corrected chi connectivity index (χ3v) is 9.74. The molecule has 2 aromatic heterocycles. The van der Waals surface area contributed by atoms with E-state index in [9.17, 15) is 15.8 Å². The Morgan fingerprint density at radius 1 is 0.720 bits per heavy atom. The van der Waals surface area contributed by atoms with Crippen LogP contribution in [0.2, 0.25) is 0 Å². The van der Waals surface area contributed by atoms with E-state index >= 15 is 0 Å². The quantitative estimate of drug-likeness (QED) is 0.188. The van der Waals surface area contributed by atoms with Gasteiger partial charge < -0.3 is 9.47 Å². The first-order valence-electron chi connectivity index (χ1n) is 16.4. The van der Waals surface area contributed by atoms with Crippen LogP contribution < -0.4 is 4.90 Å². The van der Waals surface area contributed by atoms with E-state index in [1.165, 1.54) is 5.70 Å². The van der Waals surface area contributed by atoms with Gasteiger partial charge in [-0.2, -0.15) is 25.8 Å². The molecule has 0 fully saturated rings. The summed E-state index contributed by atoms with van der Waals surface area (Å²) in [4.78, 5) is 17.4. The van der Waals surface area contributed by atoms with Gasteiger partial charge in [0.05, 0.1) is 52.2 Å². The van der Waals surface area contributed by atoms with Gasteiger partial charge in [-0.3, -0.25) is 0 Å². The molecule has 0 radical (unpaired) electrons. The predicted molar refractivity (Wildman–Crippen MR) is 193 cm³/mol. The van der Waals surface area contributed by atoms with Gasteiger partial charge in [0.25, 0.3) is 0 Å². The topological polar surface area (TPSA) is 118 Å². The van der Waals surface area contributed by atoms with Crippen molar-refractivity contribution in [3.8, 4) is 41.0 Å². The standard InChI is InChI=1S/C42H26N8/c43-23-26-11-15-30(16-12-26)41-46-40(29-7-3-1-4-8-29)47-42(48-41)50-37-20-14-28(25-45)22-35(37)33-18-17-32-34-21-27(24-44)13-19-36(34)49(38(32)39(33)50)31-9-5-2-6-10-31/h1-5,7-9,11-22,33,39H,6,10H2. The lowest BCUT2D eigenvalue weighted by molar-refractivity contribution is 0.625. The van der Waals surface area contributed by atoms with Crippen LogP contribution in [0.15, 0.2) is 115 Å². The van der Waals surface area contributed by atoms with Crippen LogP contribution in [0.1, 0.15) is 58.3 Å². The third-order valence-electron chi connectivity index (χ3n) is 9.74. The molecule has 0 saturated carbocycles. The Hall–Kier alpha value is -7.08. The lowest BCUT2D eigenvalue weighted by atomic mass is 9.85. The molecule has 8 heteroatoms. The van der Waals surface area contributed by atoms with Crippen LogP contribution in [0.25, 0.3) is 45.5 Å². The summed E-state index contributed by atoms with van der Waals surface area (Å²) in [5.74, 6) is 1.38. The molecule has 9 rings (SSSR count). The number of nitrogens with zero attached hydrogens (tertiary/aromatic N) is 8. The molecule has 4 aromatic carbocycles. The van der Waals surface area contributed by atoms with Crippen molar-refractivity contribution in [3.05, 3.63) is 149 Å². The molecule has 0 N–H and O–H groups in total. The van der Waals surface area contributed by atoms with E-state index in [4.69, 9.17) is 15.0 Å². The number of fused-ring (bicyclic) bond motifs is 7. The van der Waals surface area contributed by atoms with Crippen molar-refractivity contribution in [2.75, 3.05) is 4.90 Å². The van der Waals surface area contributed by atoms with Crippen LogP contribution in [0.3, 0.4) is 0 Å². The fourth-order valence-corrected chi connectivity index (χ4v) is 7.49. The summed E-state index contributed by atoms with van der Waals surface area (Å²) >= 11 is 0. The number of rotatable bonds is 4. The maximum Gasteiger partial charge on any atom is 0.234 e. The predicted octanol–water partition coefficient (Wildman–Crippen LogP) is 8.97. The minimum Gasteiger partial charge on any atom is -0.315 e. The minimum absolute atomic E-state index is 0.112. The maximum atomic E-state index is 9.95. The zero-order chi connectivity index (χ0) is 33.8. The van der Waals surface area contributed by atoms with Crippen molar-refractivity contribution in [2.24, 2.45) is 0 Å². The first kappa shape index (κ1) is 29.1. The number of nitriles is 3. The molecular formula is C42H26N8. The maximum absolute atomic E-state index is 9.95. The Balaban J connectivity index is 1.34. The summed E-state index contributed by atoms with van der Waals surface area (Å²) in [6.45, 7) is 0. The van der Waals surface area contributed by atoms with Crippen molar-refractivity contribution in [2.45, 2.75) is 24.8 Å². The molecule has 3 aliphatic rings. The van der Waals surface area contributed by atoms with E-state index in [0.717, 1.165) is 57.4 Å². The SMILES string of the molecule is N#Cc1ccc(-c2nc(-c3ccccc3)nc(N3c4ccc(C#N)cc4C4C=Cc5c(n(C6=CC=CCC6)c6ccc(C#N)cc56)C43)n2)cc1. The summed E-state index contributed by atoms with van der Waals surface area (Å²) < 4.78 is 2.36. The summed E-state index contributed by atoms with van der Waals surface area (Å²) in [5.41, 5.74) is 9.64. The highest BCUT2D eigenvalue weighted by Crippen LogP contribution is 2.57. The number of hydrogen-bond acceptors (Lipinski definition) is 7. The number of anilines is 2. The molecule has 0 spiro atoms. The molecule has 3 heterocycles. The number of hydrogen-bond donors (Lipinski definition) is 0. The average Bonchev–Trinajstić information content (AvgIpc) is 3.70. The Morgan fingerprint density at radius 2 is 1.42 bits per heavy atom. The summed E-state index contributed by atoms with van der Waals surface area (Å²) in [5, 5.41) is 30.3. The number of benzene rings is 4. The van der Waals surface area contributed by atoms with Crippen molar-refractivity contribution in [1.82, 2.24) is 19.5 Å². The summed E-state index contributed by atoms with van der Waals surface area (Å²) in [6, 6.07) is 35.4. The molecule has 0 amide bonds. The molecule has 2 aliphatic carbocycles. The van der Waals surface area contributed by atoms with E-state index in [-0.39, 0.29) is 12.0 Å². The normalized spacial score (nSPS) is 16.9. The fourth-order valence-electron chi connectivity index (χ4n) is 7.49. The first-order valence-corrected chi connectivity index (χ1v) is 16.4. The highest BCUT2D eigenvalue weighted by Gasteiger charge is 2.46. The number of allylic oxidation sites excluding steroid dienone is 4. The zero-order valence-corrected chi connectivity index (χ0v) is 26.7. The lowest BCUT2D eigenvalue weighted by Crippen LogP contribution is -2.28. The monoisotopic (exact) mass is 642 g/mol. The zero-order valence-electron chi connectivity index (χ0n) is 26.7. The third kappa shape index (κ3) is 4.53. The smallest absolute Gasteiger partial charge is 0.234 e. The van der Waals surface area contributed by atoms with Gasteiger partial charge in [-0.1, -0.05) is 54.6 Å². The number of aromatic nitrogens is 4. The highest BCUT2D eigenvalue weighted by molar-refractivity contribution is 5.97. The van der Waals surface area contributed by atoms with Gasteiger partial charge >= 0.3 is 0 Å². The molecule has 0 saturated heterocycles. The van der Waals surface area contributed by atoms with E-state index < -0.39 is 0 Å².